The van der Waals surface area contributed by atoms with Crippen molar-refractivity contribution in [1.29, 1.82) is 0 Å². The summed E-state index contributed by atoms with van der Waals surface area (Å²) in [5.41, 5.74) is -0.0563. The minimum absolute atomic E-state index is 0.0563. The van der Waals surface area contributed by atoms with Gasteiger partial charge in [-0.25, -0.2) is 13.6 Å². The maximum atomic E-state index is 12.5. The molecule has 112 valence electrons. The van der Waals surface area contributed by atoms with Gasteiger partial charge in [-0.3, -0.25) is 4.79 Å². The predicted molar refractivity (Wildman–Crippen MR) is 79.2 cm³/mol. The highest BCUT2D eigenvalue weighted by Crippen LogP contribution is 2.25. The van der Waals surface area contributed by atoms with E-state index in [1.165, 1.54) is 18.2 Å². The number of hydrogen-bond acceptors (Lipinski definition) is 3. The maximum absolute atomic E-state index is 12.5. The summed E-state index contributed by atoms with van der Waals surface area (Å²) in [4.78, 5) is 13.8. The lowest BCUT2D eigenvalue weighted by molar-refractivity contribution is 0.0742. The summed E-state index contributed by atoms with van der Waals surface area (Å²) in [6.45, 7) is 6.76. The smallest absolute Gasteiger partial charge is 0.256 e. The second-order valence-corrected chi connectivity index (χ2v) is 6.83. The van der Waals surface area contributed by atoms with Gasteiger partial charge in [-0.2, -0.15) is 0 Å². The molecule has 0 radical (unpaired) electrons. The summed E-state index contributed by atoms with van der Waals surface area (Å²) < 4.78 is 23.2. The van der Waals surface area contributed by atoms with Crippen LogP contribution < -0.4 is 5.14 Å². The Bertz CT molecular complexity index is 600. The molecule has 1 aromatic carbocycles. The van der Waals surface area contributed by atoms with E-state index >= 15 is 0 Å². The molecule has 1 rings (SSSR count). The molecule has 2 N–H and O–H groups in total. The van der Waals surface area contributed by atoms with Crippen molar-refractivity contribution >= 4 is 27.5 Å². The van der Waals surface area contributed by atoms with Crippen molar-refractivity contribution in [1.82, 2.24) is 4.90 Å². The Morgan fingerprint density at radius 2 is 2.00 bits per heavy atom. The molecule has 0 aliphatic carbocycles. The maximum Gasteiger partial charge on any atom is 0.256 e. The topological polar surface area (TPSA) is 80.5 Å². The van der Waals surface area contributed by atoms with Crippen molar-refractivity contribution in [2.45, 2.75) is 25.7 Å². The minimum atomic E-state index is -4.00. The van der Waals surface area contributed by atoms with Crippen LogP contribution in [0.4, 0.5) is 0 Å². The molecular weight excluding hydrogens is 300 g/mol. The van der Waals surface area contributed by atoms with E-state index in [9.17, 15) is 13.2 Å². The van der Waals surface area contributed by atoms with Crippen molar-refractivity contribution in [3.8, 4) is 0 Å². The number of sulfonamides is 1. The molecule has 0 aliphatic rings. The Labute approximate surface area is 124 Å². The van der Waals surface area contributed by atoms with Gasteiger partial charge in [-0.05, 0) is 25.0 Å². The van der Waals surface area contributed by atoms with Gasteiger partial charge in [0.15, 0.2) is 0 Å². The standard InChI is InChI=1S/C13H19ClN2O3S/c1-4-16(8-9(2)3)13(17)12-10(14)6-5-7-11(12)20(15,18)19/h5-7,9H,4,8H2,1-3H3,(H2,15,18,19). The zero-order valence-electron chi connectivity index (χ0n) is 11.8. The van der Waals surface area contributed by atoms with Crippen molar-refractivity contribution in [3.63, 3.8) is 0 Å². The lowest BCUT2D eigenvalue weighted by Gasteiger charge is -2.24. The first-order valence-electron chi connectivity index (χ1n) is 6.29. The van der Waals surface area contributed by atoms with E-state index < -0.39 is 15.9 Å². The van der Waals surface area contributed by atoms with Crippen LogP contribution in [0, 0.1) is 5.92 Å². The average molecular weight is 319 g/mol. The summed E-state index contributed by atoms with van der Waals surface area (Å²) in [7, 11) is -4.00. The van der Waals surface area contributed by atoms with Gasteiger partial charge < -0.3 is 4.90 Å². The third kappa shape index (κ3) is 3.94. The summed E-state index contributed by atoms with van der Waals surface area (Å²) in [5.74, 6) is -0.157. The van der Waals surface area contributed by atoms with E-state index in [0.717, 1.165) is 0 Å². The third-order valence-corrected chi connectivity index (χ3v) is 4.02. The first kappa shape index (κ1) is 16.9. The lowest BCUT2D eigenvalue weighted by atomic mass is 10.1. The molecule has 0 saturated carbocycles. The van der Waals surface area contributed by atoms with Gasteiger partial charge >= 0.3 is 0 Å². The number of nitrogens with zero attached hydrogens (tertiary/aromatic N) is 1. The molecule has 20 heavy (non-hydrogen) atoms. The molecule has 7 heteroatoms. The van der Waals surface area contributed by atoms with E-state index in [1.54, 1.807) is 4.90 Å². The molecule has 1 aromatic rings. The number of amides is 1. The monoisotopic (exact) mass is 318 g/mol. The van der Waals surface area contributed by atoms with Crippen LogP contribution in [0.25, 0.3) is 0 Å². The second-order valence-electron chi connectivity index (χ2n) is 4.90. The fraction of sp³-hybridized carbons (Fsp3) is 0.462. The lowest BCUT2D eigenvalue weighted by Crippen LogP contribution is -2.35. The fourth-order valence-electron chi connectivity index (χ4n) is 1.90. The van der Waals surface area contributed by atoms with Gasteiger partial charge in [-0.1, -0.05) is 31.5 Å². The Balaban J connectivity index is 3.35. The van der Waals surface area contributed by atoms with Crippen LogP contribution in [-0.2, 0) is 10.0 Å². The molecule has 0 unspecified atom stereocenters. The Morgan fingerprint density at radius 3 is 2.45 bits per heavy atom. The molecule has 0 saturated heterocycles. The Hall–Kier alpha value is -1.11. The summed E-state index contributed by atoms with van der Waals surface area (Å²) in [6, 6.07) is 4.22. The molecule has 0 atom stereocenters. The highest BCUT2D eigenvalue weighted by Gasteiger charge is 2.25. The van der Waals surface area contributed by atoms with Crippen LogP contribution in [0.1, 0.15) is 31.1 Å². The molecule has 0 heterocycles. The molecule has 1 amide bonds. The Morgan fingerprint density at radius 1 is 1.40 bits per heavy atom. The molecular formula is C13H19ClN2O3S. The molecule has 5 nitrogen and oxygen atoms in total. The Kier molecular flexibility index (Phi) is 5.56. The normalized spacial score (nSPS) is 11.7. The van der Waals surface area contributed by atoms with Crippen LogP contribution in [0.3, 0.4) is 0 Å². The average Bonchev–Trinajstić information content (AvgIpc) is 2.33. The van der Waals surface area contributed by atoms with Crippen molar-refractivity contribution in [3.05, 3.63) is 28.8 Å². The van der Waals surface area contributed by atoms with E-state index in [-0.39, 0.29) is 21.4 Å². The molecule has 0 aliphatic heterocycles. The first-order valence-corrected chi connectivity index (χ1v) is 8.21. The fourth-order valence-corrected chi connectivity index (χ4v) is 2.96. The number of hydrogen-bond donors (Lipinski definition) is 1. The van der Waals surface area contributed by atoms with E-state index in [4.69, 9.17) is 16.7 Å². The van der Waals surface area contributed by atoms with Gasteiger partial charge in [-0.15, -0.1) is 0 Å². The van der Waals surface area contributed by atoms with E-state index in [2.05, 4.69) is 0 Å². The summed E-state index contributed by atoms with van der Waals surface area (Å²) >= 11 is 6.00. The zero-order chi connectivity index (χ0) is 15.5. The molecule has 0 spiro atoms. The van der Waals surface area contributed by atoms with E-state index in [1.807, 2.05) is 20.8 Å². The number of halogens is 1. The van der Waals surface area contributed by atoms with Gasteiger partial charge in [0, 0.05) is 13.1 Å². The van der Waals surface area contributed by atoms with Crippen LogP contribution >= 0.6 is 11.6 Å². The highest BCUT2D eigenvalue weighted by molar-refractivity contribution is 7.89. The SMILES string of the molecule is CCN(CC(C)C)C(=O)c1c(Cl)cccc1S(N)(=O)=O. The third-order valence-electron chi connectivity index (χ3n) is 2.75. The predicted octanol–water partition coefficient (Wildman–Crippen LogP) is 2.11. The summed E-state index contributed by atoms with van der Waals surface area (Å²) in [5, 5.41) is 5.24. The quantitative estimate of drug-likeness (QED) is 0.902. The van der Waals surface area contributed by atoms with Crippen molar-refractivity contribution in [2.75, 3.05) is 13.1 Å². The minimum Gasteiger partial charge on any atom is -0.339 e. The van der Waals surface area contributed by atoms with Crippen molar-refractivity contribution in [2.24, 2.45) is 11.1 Å². The van der Waals surface area contributed by atoms with Crippen LogP contribution in [0.5, 0.6) is 0 Å². The van der Waals surface area contributed by atoms with Gasteiger partial charge in [0.2, 0.25) is 10.0 Å². The number of carbonyl (C=O) groups excluding carboxylic acids is 1. The van der Waals surface area contributed by atoms with Crippen LogP contribution in [-0.4, -0.2) is 32.3 Å². The van der Waals surface area contributed by atoms with Gasteiger partial charge in [0.05, 0.1) is 15.5 Å². The van der Waals surface area contributed by atoms with Crippen molar-refractivity contribution < 1.29 is 13.2 Å². The number of primary sulfonamides is 1. The zero-order valence-corrected chi connectivity index (χ0v) is 13.3. The van der Waals surface area contributed by atoms with Crippen LogP contribution in [0.15, 0.2) is 23.1 Å². The largest absolute Gasteiger partial charge is 0.339 e. The summed E-state index contributed by atoms with van der Waals surface area (Å²) in [6.07, 6.45) is 0. The molecule has 0 bridgehead atoms. The van der Waals surface area contributed by atoms with Gasteiger partial charge in [0.1, 0.15) is 0 Å². The number of carbonyl (C=O) groups is 1. The van der Waals surface area contributed by atoms with Gasteiger partial charge in [0.25, 0.3) is 5.91 Å². The van der Waals surface area contributed by atoms with Crippen LogP contribution in [0.2, 0.25) is 5.02 Å². The second kappa shape index (κ2) is 6.56. The first-order chi connectivity index (χ1) is 9.18. The number of nitrogens with two attached hydrogens (primary N) is 1. The number of benzene rings is 1. The molecule has 0 fully saturated rings. The van der Waals surface area contributed by atoms with E-state index in [0.29, 0.717) is 13.1 Å². The molecule has 0 aromatic heterocycles. The number of rotatable bonds is 5. The highest BCUT2D eigenvalue weighted by atomic mass is 35.5.